The van der Waals surface area contributed by atoms with Gasteiger partial charge >= 0.3 is 0 Å². The van der Waals surface area contributed by atoms with Crippen LogP contribution in [0, 0.1) is 6.92 Å². The first-order chi connectivity index (χ1) is 7.72. The van der Waals surface area contributed by atoms with Crippen LogP contribution in [-0.4, -0.2) is 29.2 Å². The van der Waals surface area contributed by atoms with E-state index >= 15 is 0 Å². The number of amides is 1. The molecule has 0 N–H and O–H groups in total. The Bertz CT molecular complexity index is 403. The lowest BCUT2D eigenvalue weighted by atomic mass is 9.97. The van der Waals surface area contributed by atoms with Crippen molar-refractivity contribution < 1.29 is 4.79 Å². The summed E-state index contributed by atoms with van der Waals surface area (Å²) >= 11 is 3.40. The van der Waals surface area contributed by atoms with Gasteiger partial charge in [-0.3, -0.25) is 4.79 Å². The number of hydrogen-bond donors (Lipinski definition) is 0. The Morgan fingerprint density at radius 2 is 2.25 bits per heavy atom. The molecule has 1 aromatic rings. The summed E-state index contributed by atoms with van der Waals surface area (Å²) in [4.78, 5) is 14.1. The molecule has 2 rings (SSSR count). The van der Waals surface area contributed by atoms with Crippen LogP contribution in [-0.2, 0) is 6.42 Å². The van der Waals surface area contributed by atoms with Crippen molar-refractivity contribution in [1.29, 1.82) is 0 Å². The van der Waals surface area contributed by atoms with Crippen LogP contribution in [0.2, 0.25) is 0 Å². The van der Waals surface area contributed by atoms with Crippen molar-refractivity contribution in [3.05, 3.63) is 34.9 Å². The first kappa shape index (κ1) is 11.6. The zero-order chi connectivity index (χ0) is 11.5. The van der Waals surface area contributed by atoms with Crippen molar-refractivity contribution in [3.8, 4) is 0 Å². The van der Waals surface area contributed by atoms with Gasteiger partial charge in [0.1, 0.15) is 0 Å². The van der Waals surface area contributed by atoms with Gasteiger partial charge in [0.05, 0.1) is 0 Å². The highest BCUT2D eigenvalue weighted by Gasteiger charge is 2.23. The molecule has 1 amide bonds. The summed E-state index contributed by atoms with van der Waals surface area (Å²) in [7, 11) is 0. The Hall–Kier alpha value is -0.830. The van der Waals surface area contributed by atoms with Crippen LogP contribution in [0.5, 0.6) is 0 Å². The average molecular weight is 282 g/mol. The highest BCUT2D eigenvalue weighted by atomic mass is 79.9. The van der Waals surface area contributed by atoms with E-state index in [4.69, 9.17) is 0 Å². The number of carbonyl (C=O) groups excluding carboxylic acids is 1. The van der Waals surface area contributed by atoms with E-state index in [0.717, 1.165) is 42.4 Å². The molecule has 2 nitrogen and oxygen atoms in total. The van der Waals surface area contributed by atoms with Crippen LogP contribution in [0.4, 0.5) is 0 Å². The normalized spacial score (nSPS) is 15.1. The maximum atomic E-state index is 12.2. The standard InChI is InChI=1S/C13H16BrNO/c1-10-3-4-11-5-8-15(7-2-6-14)13(16)12(11)9-10/h3-4,9H,2,5-8H2,1H3. The van der Waals surface area contributed by atoms with E-state index in [1.54, 1.807) is 0 Å². The van der Waals surface area contributed by atoms with Gasteiger partial charge in [-0.25, -0.2) is 0 Å². The summed E-state index contributed by atoms with van der Waals surface area (Å²) in [6.45, 7) is 3.75. The molecule has 0 saturated heterocycles. The van der Waals surface area contributed by atoms with Gasteiger partial charge < -0.3 is 4.90 Å². The fourth-order valence-electron chi connectivity index (χ4n) is 2.10. The van der Waals surface area contributed by atoms with Gasteiger partial charge in [-0.05, 0) is 31.4 Å². The van der Waals surface area contributed by atoms with Gasteiger partial charge in [0.15, 0.2) is 0 Å². The lowest BCUT2D eigenvalue weighted by molar-refractivity contribution is 0.0740. The van der Waals surface area contributed by atoms with Gasteiger partial charge in [-0.15, -0.1) is 0 Å². The molecule has 86 valence electrons. The van der Waals surface area contributed by atoms with Crippen LogP contribution in [0.25, 0.3) is 0 Å². The molecular formula is C13H16BrNO. The fraction of sp³-hybridized carbons (Fsp3) is 0.462. The highest BCUT2D eigenvalue weighted by Crippen LogP contribution is 2.20. The van der Waals surface area contributed by atoms with E-state index in [1.165, 1.54) is 5.56 Å². The third kappa shape index (κ3) is 2.29. The van der Waals surface area contributed by atoms with E-state index < -0.39 is 0 Å². The molecule has 3 heteroatoms. The number of carbonyl (C=O) groups is 1. The van der Waals surface area contributed by atoms with Gasteiger partial charge in [0, 0.05) is 24.0 Å². The Labute approximate surface area is 105 Å². The maximum Gasteiger partial charge on any atom is 0.254 e. The molecule has 16 heavy (non-hydrogen) atoms. The number of alkyl halides is 1. The molecular weight excluding hydrogens is 266 g/mol. The van der Waals surface area contributed by atoms with Crippen molar-refractivity contribution in [2.24, 2.45) is 0 Å². The molecule has 0 radical (unpaired) electrons. The molecule has 1 aliphatic heterocycles. The Morgan fingerprint density at radius 3 is 3.00 bits per heavy atom. The Balaban J connectivity index is 2.20. The van der Waals surface area contributed by atoms with E-state index in [2.05, 4.69) is 28.1 Å². The largest absolute Gasteiger partial charge is 0.338 e. The third-order valence-electron chi connectivity index (χ3n) is 3.00. The minimum Gasteiger partial charge on any atom is -0.338 e. The van der Waals surface area contributed by atoms with Crippen LogP contribution < -0.4 is 0 Å². The highest BCUT2D eigenvalue weighted by molar-refractivity contribution is 9.09. The fourth-order valence-corrected chi connectivity index (χ4v) is 2.35. The molecule has 0 atom stereocenters. The first-order valence-corrected chi connectivity index (χ1v) is 6.79. The predicted octanol–water partition coefficient (Wildman–Crippen LogP) is 2.78. The van der Waals surface area contributed by atoms with E-state index in [-0.39, 0.29) is 5.91 Å². The summed E-state index contributed by atoms with van der Waals surface area (Å²) in [5, 5.41) is 0.956. The molecule has 0 aromatic heterocycles. The topological polar surface area (TPSA) is 20.3 Å². The van der Waals surface area contributed by atoms with Crippen molar-refractivity contribution in [3.63, 3.8) is 0 Å². The predicted molar refractivity (Wildman–Crippen MR) is 69.2 cm³/mol. The molecule has 0 saturated carbocycles. The third-order valence-corrected chi connectivity index (χ3v) is 3.56. The molecule has 0 bridgehead atoms. The van der Waals surface area contributed by atoms with Gasteiger partial charge in [-0.2, -0.15) is 0 Å². The summed E-state index contributed by atoms with van der Waals surface area (Å²) in [6, 6.07) is 6.18. The van der Waals surface area contributed by atoms with Crippen molar-refractivity contribution >= 4 is 21.8 Å². The molecule has 0 fully saturated rings. The Kier molecular flexibility index (Phi) is 3.64. The second kappa shape index (κ2) is 5.00. The van der Waals surface area contributed by atoms with Crippen molar-refractivity contribution in [2.75, 3.05) is 18.4 Å². The molecule has 1 aromatic carbocycles. The molecule has 0 unspecified atom stereocenters. The number of rotatable bonds is 3. The second-order valence-corrected chi connectivity index (χ2v) is 5.04. The molecule has 1 heterocycles. The van der Waals surface area contributed by atoms with Crippen LogP contribution in [0.1, 0.15) is 27.9 Å². The number of hydrogen-bond acceptors (Lipinski definition) is 1. The van der Waals surface area contributed by atoms with Gasteiger partial charge in [-0.1, -0.05) is 33.6 Å². The summed E-state index contributed by atoms with van der Waals surface area (Å²) in [6.07, 6.45) is 2.01. The zero-order valence-corrected chi connectivity index (χ0v) is 11.1. The molecule has 0 aliphatic carbocycles. The average Bonchev–Trinajstić information content (AvgIpc) is 2.29. The quantitative estimate of drug-likeness (QED) is 0.781. The zero-order valence-electron chi connectivity index (χ0n) is 9.50. The molecule has 0 spiro atoms. The SMILES string of the molecule is Cc1ccc2c(c1)C(=O)N(CCCBr)CC2. The minimum atomic E-state index is 0.200. The minimum absolute atomic E-state index is 0.200. The summed E-state index contributed by atoms with van der Waals surface area (Å²) < 4.78 is 0. The lowest BCUT2D eigenvalue weighted by Gasteiger charge is -2.28. The first-order valence-electron chi connectivity index (χ1n) is 5.67. The van der Waals surface area contributed by atoms with Crippen LogP contribution in [0.15, 0.2) is 18.2 Å². The van der Waals surface area contributed by atoms with E-state index in [1.807, 2.05) is 17.9 Å². The Morgan fingerprint density at radius 1 is 1.44 bits per heavy atom. The van der Waals surface area contributed by atoms with Crippen LogP contribution in [0.3, 0.4) is 0 Å². The number of aryl methyl sites for hydroxylation is 1. The second-order valence-electron chi connectivity index (χ2n) is 4.25. The van der Waals surface area contributed by atoms with Crippen molar-refractivity contribution in [2.45, 2.75) is 19.8 Å². The van der Waals surface area contributed by atoms with Crippen molar-refractivity contribution in [1.82, 2.24) is 4.90 Å². The number of nitrogens with zero attached hydrogens (tertiary/aromatic N) is 1. The van der Waals surface area contributed by atoms with Gasteiger partial charge in [0.25, 0.3) is 5.91 Å². The maximum absolute atomic E-state index is 12.2. The smallest absolute Gasteiger partial charge is 0.254 e. The number of fused-ring (bicyclic) bond motifs is 1. The molecule has 1 aliphatic rings. The van der Waals surface area contributed by atoms with E-state index in [9.17, 15) is 4.79 Å². The van der Waals surface area contributed by atoms with Crippen LogP contribution >= 0.6 is 15.9 Å². The lowest BCUT2D eigenvalue weighted by Crippen LogP contribution is -2.38. The van der Waals surface area contributed by atoms with Gasteiger partial charge in [0.2, 0.25) is 0 Å². The monoisotopic (exact) mass is 281 g/mol. The van der Waals surface area contributed by atoms with E-state index in [0.29, 0.717) is 0 Å². The number of halogens is 1. The number of benzene rings is 1. The summed E-state index contributed by atoms with van der Waals surface area (Å²) in [5.41, 5.74) is 3.26. The summed E-state index contributed by atoms with van der Waals surface area (Å²) in [5.74, 6) is 0.200.